The summed E-state index contributed by atoms with van der Waals surface area (Å²) in [5.74, 6) is -0.110. The van der Waals surface area contributed by atoms with Crippen LogP contribution in [0.5, 0.6) is 0 Å². The zero-order valence-electron chi connectivity index (χ0n) is 16.2. The number of carbonyl (C=O) groups is 1. The molecule has 0 aromatic heterocycles. The van der Waals surface area contributed by atoms with Crippen molar-refractivity contribution in [1.82, 2.24) is 10.2 Å². The summed E-state index contributed by atoms with van der Waals surface area (Å²) < 4.78 is 5.40. The van der Waals surface area contributed by atoms with Crippen LogP contribution in [0.25, 0.3) is 0 Å². The number of amides is 1. The first kappa shape index (κ1) is 19.6. The third-order valence-corrected chi connectivity index (χ3v) is 5.14. The van der Waals surface area contributed by atoms with E-state index in [4.69, 9.17) is 4.74 Å². The summed E-state index contributed by atoms with van der Waals surface area (Å²) in [5.41, 5.74) is 3.31. The van der Waals surface area contributed by atoms with Crippen LogP contribution in [0.3, 0.4) is 0 Å². The van der Waals surface area contributed by atoms with E-state index in [9.17, 15) is 4.79 Å². The molecule has 1 aliphatic rings. The number of hydrogen-bond donors (Lipinski definition) is 1. The van der Waals surface area contributed by atoms with Gasteiger partial charge in [-0.05, 0) is 42.6 Å². The fourth-order valence-corrected chi connectivity index (χ4v) is 3.69. The highest BCUT2D eigenvalue weighted by atomic mass is 16.5. The Balaban J connectivity index is 1.56. The van der Waals surface area contributed by atoms with Crippen LogP contribution in [0.2, 0.25) is 0 Å². The lowest BCUT2D eigenvalue weighted by Crippen LogP contribution is -2.30. The molecule has 0 saturated carbocycles. The third-order valence-electron chi connectivity index (χ3n) is 5.14. The van der Waals surface area contributed by atoms with Gasteiger partial charge in [0.05, 0.1) is 0 Å². The number of carbonyl (C=O) groups excluding carboxylic acids is 1. The van der Waals surface area contributed by atoms with Crippen LogP contribution in [0, 0.1) is 0 Å². The maximum atomic E-state index is 12.5. The largest absolute Gasteiger partial charge is 0.367 e. The Morgan fingerprint density at radius 1 is 1.00 bits per heavy atom. The van der Waals surface area contributed by atoms with E-state index in [-0.39, 0.29) is 5.91 Å². The SMILES string of the molecule is COC(C(=O)NCc1cccc(CN2CCCCCC2)c1)c1ccccc1. The van der Waals surface area contributed by atoms with E-state index >= 15 is 0 Å². The Hall–Kier alpha value is -2.17. The van der Waals surface area contributed by atoms with Crippen molar-refractivity contribution in [1.29, 1.82) is 0 Å². The minimum atomic E-state index is -0.577. The van der Waals surface area contributed by atoms with Crippen molar-refractivity contribution in [2.45, 2.75) is 44.9 Å². The molecule has 2 aromatic carbocycles. The lowest BCUT2D eigenvalue weighted by molar-refractivity contribution is -0.131. The van der Waals surface area contributed by atoms with E-state index in [0.29, 0.717) is 6.54 Å². The van der Waals surface area contributed by atoms with Crippen molar-refractivity contribution < 1.29 is 9.53 Å². The lowest BCUT2D eigenvalue weighted by Gasteiger charge is -2.20. The van der Waals surface area contributed by atoms with Crippen LogP contribution in [0.1, 0.15) is 48.5 Å². The van der Waals surface area contributed by atoms with Gasteiger partial charge in [0.25, 0.3) is 5.91 Å². The van der Waals surface area contributed by atoms with Crippen molar-refractivity contribution in [3.05, 3.63) is 71.3 Å². The molecule has 1 aliphatic heterocycles. The molecule has 1 N–H and O–H groups in total. The van der Waals surface area contributed by atoms with Crippen LogP contribution in [0.15, 0.2) is 54.6 Å². The van der Waals surface area contributed by atoms with Gasteiger partial charge < -0.3 is 10.1 Å². The molecule has 1 amide bonds. The molecule has 1 unspecified atom stereocenters. The molecule has 1 saturated heterocycles. The van der Waals surface area contributed by atoms with Crippen LogP contribution in [0.4, 0.5) is 0 Å². The first-order chi connectivity index (χ1) is 13.3. The Labute approximate surface area is 162 Å². The normalized spacial score (nSPS) is 16.5. The molecule has 0 bridgehead atoms. The van der Waals surface area contributed by atoms with E-state index in [1.807, 2.05) is 30.3 Å². The van der Waals surface area contributed by atoms with Gasteiger partial charge in [0.2, 0.25) is 0 Å². The molecule has 4 nitrogen and oxygen atoms in total. The van der Waals surface area contributed by atoms with Gasteiger partial charge in [-0.25, -0.2) is 0 Å². The first-order valence-electron chi connectivity index (χ1n) is 9.92. The molecule has 3 rings (SSSR count). The topological polar surface area (TPSA) is 41.6 Å². The summed E-state index contributed by atoms with van der Waals surface area (Å²) in [6.07, 6.45) is 4.72. The molecule has 1 atom stereocenters. The average molecular weight is 367 g/mol. The minimum Gasteiger partial charge on any atom is -0.367 e. The van der Waals surface area contributed by atoms with Crippen molar-refractivity contribution in [3.63, 3.8) is 0 Å². The fourth-order valence-electron chi connectivity index (χ4n) is 3.69. The number of likely N-dealkylation sites (tertiary alicyclic amines) is 1. The van der Waals surface area contributed by atoms with Gasteiger partial charge in [-0.15, -0.1) is 0 Å². The minimum absolute atomic E-state index is 0.110. The van der Waals surface area contributed by atoms with Crippen molar-refractivity contribution in [2.24, 2.45) is 0 Å². The predicted octanol–water partition coefficient (Wildman–Crippen LogP) is 4.07. The third kappa shape index (κ3) is 5.91. The summed E-state index contributed by atoms with van der Waals surface area (Å²) in [5, 5.41) is 3.01. The Morgan fingerprint density at radius 3 is 2.41 bits per heavy atom. The summed E-state index contributed by atoms with van der Waals surface area (Å²) in [6.45, 7) is 3.88. The molecule has 2 aromatic rings. The monoisotopic (exact) mass is 366 g/mol. The standard InChI is InChI=1S/C23H30N2O2/c1-27-22(21-12-5-4-6-13-21)23(26)24-17-19-10-9-11-20(16-19)18-25-14-7-2-3-8-15-25/h4-6,9-13,16,22H,2-3,7-8,14-15,17-18H2,1H3,(H,24,26). The highest BCUT2D eigenvalue weighted by Crippen LogP contribution is 2.17. The predicted molar refractivity (Wildman–Crippen MR) is 108 cm³/mol. The summed E-state index contributed by atoms with van der Waals surface area (Å²) in [6, 6.07) is 18.1. The molecule has 1 heterocycles. The first-order valence-corrected chi connectivity index (χ1v) is 9.92. The van der Waals surface area contributed by atoms with Crippen LogP contribution >= 0.6 is 0 Å². The van der Waals surface area contributed by atoms with Crippen molar-refractivity contribution in [2.75, 3.05) is 20.2 Å². The summed E-state index contributed by atoms with van der Waals surface area (Å²) in [4.78, 5) is 15.1. The van der Waals surface area contributed by atoms with Crippen LogP contribution < -0.4 is 5.32 Å². The maximum Gasteiger partial charge on any atom is 0.254 e. The van der Waals surface area contributed by atoms with Crippen molar-refractivity contribution in [3.8, 4) is 0 Å². The summed E-state index contributed by atoms with van der Waals surface area (Å²) >= 11 is 0. The van der Waals surface area contributed by atoms with E-state index < -0.39 is 6.10 Å². The Morgan fingerprint density at radius 2 is 1.70 bits per heavy atom. The maximum absolute atomic E-state index is 12.5. The second-order valence-electron chi connectivity index (χ2n) is 7.25. The number of methoxy groups -OCH3 is 1. The molecule has 0 radical (unpaired) electrons. The average Bonchev–Trinajstić information content (AvgIpc) is 2.97. The van der Waals surface area contributed by atoms with E-state index in [2.05, 4.69) is 34.5 Å². The van der Waals surface area contributed by atoms with Crippen LogP contribution in [-0.4, -0.2) is 31.0 Å². The zero-order valence-corrected chi connectivity index (χ0v) is 16.2. The van der Waals surface area contributed by atoms with Crippen molar-refractivity contribution >= 4 is 5.91 Å². The van der Waals surface area contributed by atoms with E-state index in [1.165, 1.54) is 44.3 Å². The highest BCUT2D eigenvalue weighted by Gasteiger charge is 2.19. The molecule has 1 fully saturated rings. The van der Waals surface area contributed by atoms with Gasteiger partial charge in [-0.2, -0.15) is 0 Å². The van der Waals surface area contributed by atoms with Gasteiger partial charge >= 0.3 is 0 Å². The van der Waals surface area contributed by atoms with Crippen LogP contribution in [-0.2, 0) is 22.6 Å². The number of benzene rings is 2. The highest BCUT2D eigenvalue weighted by molar-refractivity contribution is 5.82. The molecule has 4 heteroatoms. The van der Waals surface area contributed by atoms with Gasteiger partial charge in [0, 0.05) is 20.2 Å². The van der Waals surface area contributed by atoms with Gasteiger partial charge in [0.15, 0.2) is 6.10 Å². The molecular formula is C23H30N2O2. The number of nitrogens with one attached hydrogen (secondary N) is 1. The fraction of sp³-hybridized carbons (Fsp3) is 0.435. The zero-order chi connectivity index (χ0) is 18.9. The summed E-state index contributed by atoms with van der Waals surface area (Å²) in [7, 11) is 1.57. The van der Waals surface area contributed by atoms with Gasteiger partial charge in [0.1, 0.15) is 0 Å². The van der Waals surface area contributed by atoms with Gasteiger partial charge in [-0.3, -0.25) is 9.69 Å². The van der Waals surface area contributed by atoms with E-state index in [1.54, 1.807) is 7.11 Å². The number of nitrogens with zero attached hydrogens (tertiary/aromatic N) is 1. The van der Waals surface area contributed by atoms with Gasteiger partial charge in [-0.1, -0.05) is 67.4 Å². The molecular weight excluding hydrogens is 336 g/mol. The molecule has 144 valence electrons. The second kappa shape index (κ2) is 10.2. The molecule has 27 heavy (non-hydrogen) atoms. The second-order valence-corrected chi connectivity index (χ2v) is 7.25. The number of rotatable bonds is 7. The smallest absolute Gasteiger partial charge is 0.254 e. The quantitative estimate of drug-likeness (QED) is 0.803. The lowest BCUT2D eigenvalue weighted by atomic mass is 10.1. The number of hydrogen-bond acceptors (Lipinski definition) is 3. The van der Waals surface area contributed by atoms with E-state index in [0.717, 1.165) is 17.7 Å². The molecule has 0 aliphatic carbocycles. The molecule has 0 spiro atoms. The Kier molecular flexibility index (Phi) is 7.43. The Bertz CT molecular complexity index is 709. The number of ether oxygens (including phenoxy) is 1.